The summed E-state index contributed by atoms with van der Waals surface area (Å²) in [6.45, 7) is -0.250. The van der Waals surface area contributed by atoms with Gasteiger partial charge in [-0.05, 0) is 11.1 Å². The molecule has 0 aliphatic heterocycles. The molecule has 0 aliphatic carbocycles. The molecule has 0 spiro atoms. The van der Waals surface area contributed by atoms with Gasteiger partial charge in [-0.2, -0.15) is 0 Å². The van der Waals surface area contributed by atoms with Crippen LogP contribution in [0.5, 0.6) is 0 Å². The van der Waals surface area contributed by atoms with Gasteiger partial charge in [0.05, 0.1) is 13.2 Å². The van der Waals surface area contributed by atoms with Crippen LogP contribution in [0.15, 0.2) is 60.7 Å². The molecule has 19 heavy (non-hydrogen) atoms. The van der Waals surface area contributed by atoms with Crippen LogP contribution in [0.2, 0.25) is 0 Å². The Kier molecular flexibility index (Phi) is 6.18. The maximum atomic E-state index is 7.62. The molecule has 4 nitrogen and oxygen atoms in total. The number of aliphatic hydroxyl groups excluding tert-OH is 2. The highest BCUT2D eigenvalue weighted by molar-refractivity contribution is 5.35. The first-order valence-electron chi connectivity index (χ1n) is 6.03. The van der Waals surface area contributed by atoms with Gasteiger partial charge in [0.15, 0.2) is 0 Å². The van der Waals surface area contributed by atoms with Crippen molar-refractivity contribution in [2.24, 2.45) is 11.5 Å². The fourth-order valence-electron chi connectivity index (χ4n) is 1.59. The van der Waals surface area contributed by atoms with Gasteiger partial charge >= 0.3 is 0 Å². The Morgan fingerprint density at radius 1 is 0.684 bits per heavy atom. The molecule has 2 aromatic rings. The third kappa shape index (κ3) is 4.46. The van der Waals surface area contributed by atoms with Crippen molar-refractivity contribution in [2.45, 2.75) is 5.66 Å². The van der Waals surface area contributed by atoms with Crippen LogP contribution in [0.1, 0.15) is 11.1 Å². The highest BCUT2D eigenvalue weighted by atomic mass is 16.3. The minimum Gasteiger partial charge on any atom is -0.394 e. The summed E-state index contributed by atoms with van der Waals surface area (Å²) < 4.78 is 0. The van der Waals surface area contributed by atoms with Crippen molar-refractivity contribution in [3.63, 3.8) is 0 Å². The smallest absolute Gasteiger partial charge is 0.116 e. The molecule has 0 aromatic heterocycles. The molecule has 0 radical (unpaired) electrons. The van der Waals surface area contributed by atoms with Gasteiger partial charge in [0.2, 0.25) is 0 Å². The first-order valence-corrected chi connectivity index (χ1v) is 6.03. The summed E-state index contributed by atoms with van der Waals surface area (Å²) in [4.78, 5) is 0. The number of benzene rings is 2. The summed E-state index contributed by atoms with van der Waals surface area (Å²) in [6, 6.07) is 19.4. The molecule has 6 N–H and O–H groups in total. The van der Waals surface area contributed by atoms with Gasteiger partial charge < -0.3 is 21.7 Å². The van der Waals surface area contributed by atoms with Crippen molar-refractivity contribution in [3.8, 4) is 0 Å². The Morgan fingerprint density at radius 2 is 1.00 bits per heavy atom. The second-order valence-corrected chi connectivity index (χ2v) is 4.05. The molecule has 0 unspecified atom stereocenters. The van der Waals surface area contributed by atoms with Crippen molar-refractivity contribution >= 4 is 0 Å². The van der Waals surface area contributed by atoms with Gasteiger partial charge in [-0.15, -0.1) is 0 Å². The lowest BCUT2D eigenvalue weighted by Crippen LogP contribution is -2.46. The van der Waals surface area contributed by atoms with Crippen molar-refractivity contribution < 1.29 is 10.2 Å². The molecule has 4 heteroatoms. The largest absolute Gasteiger partial charge is 0.394 e. The van der Waals surface area contributed by atoms with Crippen LogP contribution in [0.25, 0.3) is 0 Å². The van der Waals surface area contributed by atoms with E-state index in [9.17, 15) is 0 Å². The van der Waals surface area contributed by atoms with Crippen LogP contribution < -0.4 is 11.5 Å². The SMILES string of the molecule is NC(N)(c1ccccc1)c1ccccc1.OCCO. The lowest BCUT2D eigenvalue weighted by molar-refractivity contribution is 0.186. The molecule has 102 valence electrons. The first kappa shape index (κ1) is 15.3. The van der Waals surface area contributed by atoms with E-state index >= 15 is 0 Å². The Labute approximate surface area is 113 Å². The average Bonchev–Trinajstić information content (AvgIpc) is 2.49. The Hall–Kier alpha value is -1.72. The molecule has 0 atom stereocenters. The number of hydrogen-bond acceptors (Lipinski definition) is 4. The maximum Gasteiger partial charge on any atom is 0.116 e. The van der Waals surface area contributed by atoms with Crippen LogP contribution in [0.3, 0.4) is 0 Å². The zero-order valence-corrected chi connectivity index (χ0v) is 10.7. The molecule has 0 amide bonds. The molecule has 0 heterocycles. The summed E-state index contributed by atoms with van der Waals surface area (Å²) >= 11 is 0. The summed E-state index contributed by atoms with van der Waals surface area (Å²) in [5, 5.41) is 15.2. The Balaban J connectivity index is 0.000000399. The van der Waals surface area contributed by atoms with Crippen molar-refractivity contribution in [3.05, 3.63) is 71.8 Å². The van der Waals surface area contributed by atoms with E-state index < -0.39 is 5.66 Å². The van der Waals surface area contributed by atoms with Gasteiger partial charge in [-0.1, -0.05) is 60.7 Å². The molecule has 0 fully saturated rings. The predicted molar refractivity (Wildman–Crippen MR) is 76.2 cm³/mol. The third-order valence-corrected chi connectivity index (χ3v) is 2.60. The van der Waals surface area contributed by atoms with Crippen LogP contribution in [0, 0.1) is 0 Å². The zero-order valence-electron chi connectivity index (χ0n) is 10.7. The lowest BCUT2D eigenvalue weighted by Gasteiger charge is -2.25. The van der Waals surface area contributed by atoms with E-state index in [0.29, 0.717) is 0 Å². The maximum absolute atomic E-state index is 7.62. The monoisotopic (exact) mass is 260 g/mol. The van der Waals surface area contributed by atoms with Crippen LogP contribution >= 0.6 is 0 Å². The van der Waals surface area contributed by atoms with Crippen molar-refractivity contribution in [2.75, 3.05) is 13.2 Å². The highest BCUT2D eigenvalue weighted by Crippen LogP contribution is 2.20. The zero-order chi connectivity index (χ0) is 14.1. The third-order valence-electron chi connectivity index (χ3n) is 2.60. The molecule has 2 aromatic carbocycles. The topological polar surface area (TPSA) is 92.5 Å². The van der Waals surface area contributed by atoms with Crippen molar-refractivity contribution in [1.82, 2.24) is 0 Å². The average molecular weight is 260 g/mol. The fourth-order valence-corrected chi connectivity index (χ4v) is 1.59. The minimum atomic E-state index is -0.914. The van der Waals surface area contributed by atoms with Crippen LogP contribution in [0.4, 0.5) is 0 Å². The molecule has 0 saturated carbocycles. The molecule has 0 aliphatic rings. The van der Waals surface area contributed by atoms with E-state index in [1.54, 1.807) is 0 Å². The second-order valence-electron chi connectivity index (χ2n) is 4.05. The number of nitrogens with two attached hydrogens (primary N) is 2. The van der Waals surface area contributed by atoms with E-state index in [2.05, 4.69) is 0 Å². The highest BCUT2D eigenvalue weighted by Gasteiger charge is 2.23. The summed E-state index contributed by atoms with van der Waals surface area (Å²) in [5.74, 6) is 0. The first-order chi connectivity index (χ1) is 9.12. The predicted octanol–water partition coefficient (Wildman–Crippen LogP) is 0.776. The van der Waals surface area contributed by atoms with E-state index in [0.717, 1.165) is 11.1 Å². The molecule has 0 saturated heterocycles. The second kappa shape index (κ2) is 7.66. The van der Waals surface area contributed by atoms with Crippen LogP contribution in [-0.2, 0) is 5.66 Å². The van der Waals surface area contributed by atoms with Gasteiger partial charge in [-0.25, -0.2) is 0 Å². The van der Waals surface area contributed by atoms with Crippen LogP contribution in [-0.4, -0.2) is 23.4 Å². The van der Waals surface area contributed by atoms with Gasteiger partial charge in [-0.3, -0.25) is 0 Å². The normalized spacial score (nSPS) is 10.5. The summed E-state index contributed by atoms with van der Waals surface area (Å²) in [5.41, 5.74) is 13.2. The van der Waals surface area contributed by atoms with Crippen molar-refractivity contribution in [1.29, 1.82) is 0 Å². The van der Waals surface area contributed by atoms with E-state index in [4.69, 9.17) is 21.7 Å². The number of hydrogen-bond donors (Lipinski definition) is 4. The number of rotatable bonds is 3. The fraction of sp³-hybridized carbons (Fsp3) is 0.200. The standard InChI is InChI=1S/C13H14N2.C2H6O2/c14-13(15,11-7-3-1-4-8-11)12-9-5-2-6-10-12;3-1-2-4/h1-10H,14-15H2;3-4H,1-2H2. The quantitative estimate of drug-likeness (QED) is 0.613. The van der Waals surface area contributed by atoms with E-state index in [1.807, 2.05) is 60.7 Å². The van der Waals surface area contributed by atoms with Gasteiger partial charge in [0, 0.05) is 0 Å². The molecule has 0 bridgehead atoms. The summed E-state index contributed by atoms with van der Waals surface area (Å²) in [6.07, 6.45) is 0. The Bertz CT molecular complexity index is 415. The minimum absolute atomic E-state index is 0.125. The molecule has 2 rings (SSSR count). The summed E-state index contributed by atoms with van der Waals surface area (Å²) in [7, 11) is 0. The van der Waals surface area contributed by atoms with E-state index in [1.165, 1.54) is 0 Å². The molecular weight excluding hydrogens is 240 g/mol. The Morgan fingerprint density at radius 3 is 1.26 bits per heavy atom. The van der Waals surface area contributed by atoms with Gasteiger partial charge in [0.1, 0.15) is 5.66 Å². The lowest BCUT2D eigenvalue weighted by atomic mass is 9.93. The van der Waals surface area contributed by atoms with E-state index in [-0.39, 0.29) is 13.2 Å². The van der Waals surface area contributed by atoms with Gasteiger partial charge in [0.25, 0.3) is 0 Å². The molecular formula is C15H20N2O2. The number of aliphatic hydroxyl groups is 2.